The van der Waals surface area contributed by atoms with Gasteiger partial charge in [-0.05, 0) is 50.2 Å². The molecule has 0 saturated heterocycles. The summed E-state index contributed by atoms with van der Waals surface area (Å²) in [4.78, 5) is 45.8. The van der Waals surface area contributed by atoms with Crippen molar-refractivity contribution in [1.82, 2.24) is 9.97 Å². The van der Waals surface area contributed by atoms with Crippen LogP contribution in [0.1, 0.15) is 32.1 Å². The molecule has 0 atom stereocenters. The van der Waals surface area contributed by atoms with E-state index in [-0.39, 0.29) is 23.0 Å². The van der Waals surface area contributed by atoms with Crippen LogP contribution in [0.15, 0.2) is 58.2 Å². The van der Waals surface area contributed by atoms with Crippen LogP contribution in [-0.2, 0) is 9.53 Å². The van der Waals surface area contributed by atoms with E-state index in [2.05, 4.69) is 31.2 Å². The van der Waals surface area contributed by atoms with Gasteiger partial charge in [-0.3, -0.25) is 9.59 Å². The number of carbonyl (C=O) groups excluding carboxylic acids is 3. The maximum atomic E-state index is 12.5. The lowest BCUT2D eigenvalue weighted by Crippen LogP contribution is -2.17. The lowest BCUT2D eigenvalue weighted by molar-refractivity contribution is -0.113. The Kier molecular flexibility index (Phi) is 8.78. The molecular weight excluding hydrogens is 522 g/mol. The Bertz CT molecular complexity index is 1200. The molecule has 2 aromatic carbocycles. The van der Waals surface area contributed by atoms with E-state index in [1.54, 1.807) is 30.3 Å². The lowest BCUT2D eigenvalue weighted by atomic mass is 10.1. The van der Waals surface area contributed by atoms with Gasteiger partial charge in [0.25, 0.3) is 0 Å². The summed E-state index contributed by atoms with van der Waals surface area (Å²) in [5.74, 6) is -0.886. The number of amides is 1. The fourth-order valence-corrected chi connectivity index (χ4v) is 3.95. The number of ketones is 1. The Labute approximate surface area is 209 Å². The highest BCUT2D eigenvalue weighted by Gasteiger charge is 2.16. The van der Waals surface area contributed by atoms with E-state index in [1.807, 2.05) is 19.9 Å². The number of esters is 1. The van der Waals surface area contributed by atoms with E-state index in [4.69, 9.17) is 9.47 Å². The highest BCUT2D eigenvalue weighted by Crippen LogP contribution is 2.26. The van der Waals surface area contributed by atoms with Crippen molar-refractivity contribution >= 4 is 51.0 Å². The number of hydrogen-bond donors (Lipinski definition) is 1. The van der Waals surface area contributed by atoms with Gasteiger partial charge in [0.2, 0.25) is 5.91 Å². The van der Waals surface area contributed by atoms with Crippen LogP contribution < -0.4 is 10.1 Å². The number of anilines is 1. The van der Waals surface area contributed by atoms with Gasteiger partial charge in [-0.1, -0.05) is 39.8 Å². The Morgan fingerprint density at radius 1 is 0.971 bits per heavy atom. The Hall–Kier alpha value is -3.24. The molecule has 0 fully saturated rings. The van der Waals surface area contributed by atoms with Crippen molar-refractivity contribution in [3.8, 4) is 5.75 Å². The molecular formula is C24H22BrN3O5S. The second-order valence-corrected chi connectivity index (χ2v) is 9.05. The number of ether oxygens (including phenoxy) is 2. The number of benzene rings is 2. The van der Waals surface area contributed by atoms with E-state index in [1.165, 1.54) is 31.0 Å². The smallest absolute Gasteiger partial charge is 0.338 e. The fourth-order valence-electron chi connectivity index (χ4n) is 2.94. The molecule has 1 heterocycles. The monoisotopic (exact) mass is 543 g/mol. The molecule has 1 N–H and O–H groups in total. The Morgan fingerprint density at radius 2 is 1.62 bits per heavy atom. The number of rotatable bonds is 9. The van der Waals surface area contributed by atoms with Gasteiger partial charge in [0.1, 0.15) is 5.75 Å². The molecule has 8 nitrogen and oxygen atoms in total. The van der Waals surface area contributed by atoms with Crippen molar-refractivity contribution in [3.63, 3.8) is 0 Å². The van der Waals surface area contributed by atoms with Crippen LogP contribution in [0.5, 0.6) is 5.75 Å². The maximum absolute atomic E-state index is 12.5. The number of methoxy groups -OCH3 is 1. The summed E-state index contributed by atoms with van der Waals surface area (Å²) in [5.41, 5.74) is 2.56. The molecule has 34 heavy (non-hydrogen) atoms. The van der Waals surface area contributed by atoms with Gasteiger partial charge >= 0.3 is 5.97 Å². The zero-order valence-corrected chi connectivity index (χ0v) is 21.2. The van der Waals surface area contributed by atoms with Gasteiger partial charge in [0.15, 0.2) is 17.5 Å². The van der Waals surface area contributed by atoms with Crippen molar-refractivity contribution in [2.75, 3.05) is 24.8 Å². The summed E-state index contributed by atoms with van der Waals surface area (Å²) in [7, 11) is 1.46. The molecule has 0 unspecified atom stereocenters. The molecule has 176 valence electrons. The largest absolute Gasteiger partial charge is 0.495 e. The average Bonchev–Trinajstić information content (AvgIpc) is 2.81. The number of carbonyl (C=O) groups is 3. The summed E-state index contributed by atoms with van der Waals surface area (Å²) < 4.78 is 11.3. The number of Topliss-reactive ketones (excluding diaryl/α,β-unsaturated/α-hetero) is 1. The Morgan fingerprint density at radius 3 is 2.26 bits per heavy atom. The van der Waals surface area contributed by atoms with Gasteiger partial charge in [-0.2, -0.15) is 0 Å². The number of aryl methyl sites for hydroxylation is 2. The number of aromatic nitrogens is 2. The second kappa shape index (κ2) is 11.8. The number of nitrogens with one attached hydrogen (secondary N) is 1. The van der Waals surface area contributed by atoms with Gasteiger partial charge in [0.05, 0.1) is 24.1 Å². The van der Waals surface area contributed by atoms with Gasteiger partial charge in [-0.15, -0.1) is 0 Å². The predicted octanol–water partition coefficient (Wildman–Crippen LogP) is 4.64. The van der Waals surface area contributed by atoms with Crippen LogP contribution in [0.3, 0.4) is 0 Å². The van der Waals surface area contributed by atoms with E-state index >= 15 is 0 Å². The summed E-state index contributed by atoms with van der Waals surface area (Å²) in [5, 5.41) is 3.24. The first-order valence-electron chi connectivity index (χ1n) is 10.1. The maximum Gasteiger partial charge on any atom is 0.338 e. The number of halogens is 1. The number of hydrogen-bond acceptors (Lipinski definition) is 8. The first-order chi connectivity index (χ1) is 16.2. The van der Waals surface area contributed by atoms with Crippen molar-refractivity contribution in [3.05, 3.63) is 75.5 Å². The molecule has 1 aromatic heterocycles. The Balaban J connectivity index is 1.62. The normalized spacial score (nSPS) is 10.5. The highest BCUT2D eigenvalue weighted by atomic mass is 79.9. The van der Waals surface area contributed by atoms with Crippen LogP contribution in [-0.4, -0.2) is 47.1 Å². The zero-order valence-electron chi connectivity index (χ0n) is 18.8. The standard InChI is InChI=1S/C24H22BrN3O5S/c1-14-10-15(2)27-24(26-14)34-13-22(30)28-19-11-17(6-9-21(19)32-3)23(31)33-12-20(29)16-4-7-18(25)8-5-16/h4-11H,12-13H2,1-3H3,(H,28,30). The van der Waals surface area contributed by atoms with Crippen molar-refractivity contribution in [1.29, 1.82) is 0 Å². The zero-order chi connectivity index (χ0) is 24.7. The third kappa shape index (κ3) is 7.13. The molecule has 0 aliphatic heterocycles. The second-order valence-electron chi connectivity index (χ2n) is 7.19. The first kappa shape index (κ1) is 25.4. The minimum Gasteiger partial charge on any atom is -0.495 e. The van der Waals surface area contributed by atoms with Crippen molar-refractivity contribution in [2.45, 2.75) is 19.0 Å². The van der Waals surface area contributed by atoms with Crippen LogP contribution in [0, 0.1) is 13.8 Å². The highest BCUT2D eigenvalue weighted by molar-refractivity contribution is 9.10. The minimum absolute atomic E-state index is 0.0718. The van der Waals surface area contributed by atoms with Crippen LogP contribution in [0.25, 0.3) is 0 Å². The molecule has 3 rings (SSSR count). The van der Waals surface area contributed by atoms with E-state index in [9.17, 15) is 14.4 Å². The first-order valence-corrected chi connectivity index (χ1v) is 11.9. The molecule has 0 aliphatic rings. The predicted molar refractivity (Wildman–Crippen MR) is 133 cm³/mol. The summed E-state index contributed by atoms with van der Waals surface area (Å²) in [6.45, 7) is 3.32. The third-order valence-corrected chi connectivity index (χ3v) is 5.88. The average molecular weight is 544 g/mol. The summed E-state index contributed by atoms with van der Waals surface area (Å²) >= 11 is 4.51. The molecule has 0 spiro atoms. The SMILES string of the molecule is COc1ccc(C(=O)OCC(=O)c2ccc(Br)cc2)cc1NC(=O)CSc1nc(C)cc(C)n1. The minimum atomic E-state index is -0.693. The van der Waals surface area contributed by atoms with Crippen LogP contribution >= 0.6 is 27.7 Å². The van der Waals surface area contributed by atoms with Crippen molar-refractivity contribution in [2.24, 2.45) is 0 Å². The molecule has 3 aromatic rings. The summed E-state index contributed by atoms with van der Waals surface area (Å²) in [6.07, 6.45) is 0. The summed E-state index contributed by atoms with van der Waals surface area (Å²) in [6, 6.07) is 13.1. The fraction of sp³-hybridized carbons (Fsp3) is 0.208. The quantitative estimate of drug-likeness (QED) is 0.180. The molecule has 0 bridgehead atoms. The van der Waals surface area contributed by atoms with E-state index in [0.717, 1.165) is 15.9 Å². The topological polar surface area (TPSA) is 107 Å². The van der Waals surface area contributed by atoms with Crippen LogP contribution in [0.2, 0.25) is 0 Å². The van der Waals surface area contributed by atoms with Gasteiger partial charge in [-0.25, -0.2) is 14.8 Å². The molecule has 0 radical (unpaired) electrons. The van der Waals surface area contributed by atoms with Gasteiger partial charge in [0, 0.05) is 21.4 Å². The number of thioether (sulfide) groups is 1. The molecule has 0 saturated carbocycles. The molecule has 1 amide bonds. The van der Waals surface area contributed by atoms with E-state index in [0.29, 0.717) is 22.2 Å². The lowest BCUT2D eigenvalue weighted by Gasteiger charge is -2.12. The third-order valence-electron chi connectivity index (χ3n) is 4.50. The molecule has 0 aliphatic carbocycles. The van der Waals surface area contributed by atoms with Crippen molar-refractivity contribution < 1.29 is 23.9 Å². The van der Waals surface area contributed by atoms with Gasteiger partial charge < -0.3 is 14.8 Å². The number of nitrogens with zero attached hydrogens (tertiary/aromatic N) is 2. The molecule has 10 heteroatoms. The van der Waals surface area contributed by atoms with E-state index < -0.39 is 12.6 Å². The van der Waals surface area contributed by atoms with Crippen LogP contribution in [0.4, 0.5) is 5.69 Å².